The van der Waals surface area contributed by atoms with Crippen LogP contribution in [0.1, 0.15) is 20.8 Å². The van der Waals surface area contributed by atoms with Crippen molar-refractivity contribution in [3.63, 3.8) is 0 Å². The van der Waals surface area contributed by atoms with Crippen LogP contribution in [0.4, 0.5) is 13.2 Å². The van der Waals surface area contributed by atoms with E-state index in [9.17, 15) is 26.4 Å². The number of carbonyl (C=O) groups excluding carboxylic acids is 1. The molecule has 0 radical (unpaired) electrons. The number of esters is 1. The molecule has 0 aliphatic heterocycles. The van der Waals surface area contributed by atoms with Crippen molar-refractivity contribution in [2.24, 2.45) is 5.41 Å². The Morgan fingerprint density at radius 2 is 1.65 bits per heavy atom. The molecule has 0 N–H and O–H groups in total. The predicted molar refractivity (Wildman–Crippen MR) is 51.3 cm³/mol. The second kappa shape index (κ2) is 4.81. The summed E-state index contributed by atoms with van der Waals surface area (Å²) in [4.78, 5) is 11.2. The van der Waals surface area contributed by atoms with Crippen LogP contribution >= 0.6 is 0 Å². The lowest BCUT2D eigenvalue weighted by Crippen LogP contribution is -2.41. The molecule has 0 heterocycles. The molecular formula is C8H13F3O5S. The normalized spacial score (nSPS) is 15.5. The van der Waals surface area contributed by atoms with Crippen LogP contribution in [0.25, 0.3) is 0 Å². The summed E-state index contributed by atoms with van der Waals surface area (Å²) >= 11 is 0. The Kier molecular flexibility index (Phi) is 4.57. The molecule has 0 aromatic carbocycles. The van der Waals surface area contributed by atoms with E-state index in [2.05, 4.69) is 8.92 Å². The highest BCUT2D eigenvalue weighted by atomic mass is 32.2. The molecule has 0 aliphatic rings. The van der Waals surface area contributed by atoms with E-state index in [1.54, 1.807) is 0 Å². The van der Waals surface area contributed by atoms with E-state index in [4.69, 9.17) is 0 Å². The SMILES string of the molecule is COC(=O)C(C)(C)C(C)OS(=O)(=O)C(F)(F)F. The van der Waals surface area contributed by atoms with Crippen LogP contribution in [0.15, 0.2) is 0 Å². The first kappa shape index (κ1) is 16.2. The maximum Gasteiger partial charge on any atom is 0.523 e. The second-order valence-corrected chi connectivity index (χ2v) is 5.42. The monoisotopic (exact) mass is 278 g/mol. The first-order valence-electron chi connectivity index (χ1n) is 4.44. The van der Waals surface area contributed by atoms with E-state index >= 15 is 0 Å². The molecule has 0 spiro atoms. The number of halogens is 3. The van der Waals surface area contributed by atoms with Crippen LogP contribution < -0.4 is 0 Å². The fourth-order valence-electron chi connectivity index (χ4n) is 0.794. The number of hydrogen-bond donors (Lipinski definition) is 0. The summed E-state index contributed by atoms with van der Waals surface area (Å²) in [6, 6.07) is 0. The molecule has 1 unspecified atom stereocenters. The summed E-state index contributed by atoms with van der Waals surface area (Å²) < 4.78 is 65.8. The zero-order valence-electron chi connectivity index (χ0n) is 9.66. The first-order chi connectivity index (χ1) is 7.36. The Balaban J connectivity index is 5.01. The molecule has 0 aromatic heterocycles. The van der Waals surface area contributed by atoms with Crippen molar-refractivity contribution < 1.29 is 35.3 Å². The average Bonchev–Trinajstić information content (AvgIpc) is 2.13. The molecule has 0 aromatic rings. The van der Waals surface area contributed by atoms with Gasteiger partial charge in [0.15, 0.2) is 0 Å². The Morgan fingerprint density at radius 3 is 1.94 bits per heavy atom. The minimum absolute atomic E-state index is 0.873. The number of rotatable bonds is 4. The first-order valence-corrected chi connectivity index (χ1v) is 5.85. The van der Waals surface area contributed by atoms with Gasteiger partial charge in [0.1, 0.15) is 0 Å². The third-order valence-electron chi connectivity index (χ3n) is 2.28. The van der Waals surface area contributed by atoms with Gasteiger partial charge >= 0.3 is 21.6 Å². The number of ether oxygens (including phenoxy) is 1. The van der Waals surface area contributed by atoms with E-state index in [-0.39, 0.29) is 0 Å². The number of methoxy groups -OCH3 is 1. The molecule has 5 nitrogen and oxygen atoms in total. The summed E-state index contributed by atoms with van der Waals surface area (Å²) in [6.45, 7) is 3.48. The van der Waals surface area contributed by atoms with Gasteiger partial charge in [0, 0.05) is 0 Å². The van der Waals surface area contributed by atoms with Crippen molar-refractivity contribution in [2.75, 3.05) is 7.11 Å². The number of hydrogen-bond acceptors (Lipinski definition) is 5. The Hall–Kier alpha value is -0.830. The van der Waals surface area contributed by atoms with Gasteiger partial charge in [-0.1, -0.05) is 0 Å². The molecule has 9 heteroatoms. The fraction of sp³-hybridized carbons (Fsp3) is 0.875. The lowest BCUT2D eigenvalue weighted by atomic mass is 9.88. The van der Waals surface area contributed by atoms with Crippen molar-refractivity contribution in [3.8, 4) is 0 Å². The quantitative estimate of drug-likeness (QED) is 0.442. The van der Waals surface area contributed by atoms with Crippen molar-refractivity contribution in [1.29, 1.82) is 0 Å². The number of carbonyl (C=O) groups is 1. The van der Waals surface area contributed by atoms with Gasteiger partial charge in [0.05, 0.1) is 18.6 Å². The third-order valence-corrected chi connectivity index (χ3v) is 3.39. The summed E-state index contributed by atoms with van der Waals surface area (Å²) in [7, 11) is -4.69. The molecule has 0 fully saturated rings. The molecule has 0 amide bonds. The molecule has 102 valence electrons. The zero-order valence-corrected chi connectivity index (χ0v) is 10.5. The Labute approximate surface area is 97.0 Å². The molecular weight excluding hydrogens is 265 g/mol. The van der Waals surface area contributed by atoms with Crippen LogP contribution in [0.2, 0.25) is 0 Å². The largest absolute Gasteiger partial charge is 0.523 e. The summed E-state index contributed by atoms with van der Waals surface area (Å²) in [5.74, 6) is -0.873. The summed E-state index contributed by atoms with van der Waals surface area (Å²) in [5.41, 5.74) is -7.04. The highest BCUT2D eigenvalue weighted by Crippen LogP contribution is 2.31. The van der Waals surface area contributed by atoms with Gasteiger partial charge in [0.2, 0.25) is 0 Å². The van der Waals surface area contributed by atoms with E-state index in [0.29, 0.717) is 0 Å². The van der Waals surface area contributed by atoms with Crippen LogP contribution in [0.3, 0.4) is 0 Å². The van der Waals surface area contributed by atoms with Gasteiger partial charge in [-0.3, -0.25) is 8.98 Å². The van der Waals surface area contributed by atoms with Crippen molar-refractivity contribution in [3.05, 3.63) is 0 Å². The zero-order chi connectivity index (χ0) is 14.1. The van der Waals surface area contributed by atoms with Crippen molar-refractivity contribution >= 4 is 16.1 Å². The highest BCUT2D eigenvalue weighted by molar-refractivity contribution is 7.87. The molecule has 0 aliphatic carbocycles. The molecule has 1 atom stereocenters. The highest BCUT2D eigenvalue weighted by Gasteiger charge is 2.50. The molecule has 0 bridgehead atoms. The Bertz CT molecular complexity index is 384. The van der Waals surface area contributed by atoms with Crippen LogP contribution in [0, 0.1) is 5.41 Å². The maximum absolute atomic E-state index is 12.0. The maximum atomic E-state index is 12.0. The minimum atomic E-state index is -5.73. The molecule has 17 heavy (non-hydrogen) atoms. The van der Waals surface area contributed by atoms with Gasteiger partial charge in [-0.15, -0.1) is 0 Å². The van der Waals surface area contributed by atoms with Crippen LogP contribution in [0.5, 0.6) is 0 Å². The summed E-state index contributed by atoms with van der Waals surface area (Å²) in [6.07, 6.45) is -1.51. The fourth-order valence-corrected chi connectivity index (χ4v) is 1.52. The van der Waals surface area contributed by atoms with E-state index < -0.39 is 33.1 Å². The van der Waals surface area contributed by atoms with Gasteiger partial charge in [-0.2, -0.15) is 21.6 Å². The summed E-state index contributed by atoms with van der Waals surface area (Å²) in [5, 5.41) is 0. The van der Waals surface area contributed by atoms with E-state index in [1.165, 1.54) is 13.8 Å². The second-order valence-electron chi connectivity index (χ2n) is 3.85. The Morgan fingerprint density at radius 1 is 1.24 bits per heavy atom. The van der Waals surface area contributed by atoms with Crippen molar-refractivity contribution in [2.45, 2.75) is 32.4 Å². The topological polar surface area (TPSA) is 69.7 Å². The molecule has 0 saturated heterocycles. The van der Waals surface area contributed by atoms with Crippen LogP contribution in [-0.2, 0) is 23.8 Å². The van der Waals surface area contributed by atoms with E-state index in [1.807, 2.05) is 0 Å². The average molecular weight is 278 g/mol. The minimum Gasteiger partial charge on any atom is -0.469 e. The standard InChI is InChI=1S/C8H13F3O5S/c1-5(7(2,3)6(12)15-4)16-17(13,14)8(9,10)11/h5H,1-4H3. The van der Waals surface area contributed by atoms with Crippen molar-refractivity contribution in [1.82, 2.24) is 0 Å². The van der Waals surface area contributed by atoms with Gasteiger partial charge in [-0.25, -0.2) is 0 Å². The smallest absolute Gasteiger partial charge is 0.469 e. The molecule has 0 saturated carbocycles. The van der Waals surface area contributed by atoms with Gasteiger partial charge < -0.3 is 4.74 Å². The van der Waals surface area contributed by atoms with Gasteiger partial charge in [0.25, 0.3) is 0 Å². The van der Waals surface area contributed by atoms with Gasteiger partial charge in [-0.05, 0) is 20.8 Å². The lowest BCUT2D eigenvalue weighted by Gasteiger charge is -2.28. The predicted octanol–water partition coefficient (Wildman–Crippen LogP) is 1.44. The molecule has 0 rings (SSSR count). The third kappa shape index (κ3) is 3.56. The lowest BCUT2D eigenvalue weighted by molar-refractivity contribution is -0.156. The van der Waals surface area contributed by atoms with E-state index in [0.717, 1.165) is 14.0 Å². The van der Waals surface area contributed by atoms with Crippen LogP contribution in [-0.4, -0.2) is 33.1 Å². The number of alkyl halides is 3.